The molecule has 1 fully saturated rings. The molecular formula is C25H19ClN4O2S2. The third kappa shape index (κ3) is 4.99. The maximum Gasteiger partial charge on any atom is 0.257 e. The van der Waals surface area contributed by atoms with E-state index >= 15 is 0 Å². The smallest absolute Gasteiger partial charge is 0.257 e. The maximum atomic E-state index is 12.7. The standard InChI is InChI=1S/C25H19ClN4O2S2/c26-20-12-10-18(11-13-20)23-28-29-25(34-23)27-22(32)17-6-8-19(9-7-17)24-30(21(31)15-33-24)14-16-4-2-1-3-5-16/h1-13,24H,14-15H2,(H,27,29,32)/t24-/m0/s1. The highest BCUT2D eigenvalue weighted by Crippen LogP contribution is 2.39. The first kappa shape index (κ1) is 22.6. The summed E-state index contributed by atoms with van der Waals surface area (Å²) in [7, 11) is 0. The first-order chi connectivity index (χ1) is 16.6. The van der Waals surface area contributed by atoms with Crippen LogP contribution in [0.25, 0.3) is 10.6 Å². The Morgan fingerprint density at radius 3 is 2.47 bits per heavy atom. The molecule has 0 saturated carbocycles. The fraction of sp³-hybridized carbons (Fsp3) is 0.120. The minimum atomic E-state index is -0.262. The zero-order valence-electron chi connectivity index (χ0n) is 17.8. The van der Waals surface area contributed by atoms with Crippen molar-refractivity contribution in [3.8, 4) is 10.6 Å². The van der Waals surface area contributed by atoms with Crippen molar-refractivity contribution in [1.29, 1.82) is 0 Å². The largest absolute Gasteiger partial charge is 0.322 e. The lowest BCUT2D eigenvalue weighted by Crippen LogP contribution is -2.27. The molecule has 4 aromatic rings. The summed E-state index contributed by atoms with van der Waals surface area (Å²) in [5.74, 6) is 0.308. The number of benzene rings is 3. The highest BCUT2D eigenvalue weighted by molar-refractivity contribution is 8.00. The molecule has 1 aliphatic rings. The van der Waals surface area contributed by atoms with Gasteiger partial charge in [-0.25, -0.2) is 0 Å². The van der Waals surface area contributed by atoms with Crippen LogP contribution in [-0.2, 0) is 11.3 Å². The summed E-state index contributed by atoms with van der Waals surface area (Å²) >= 11 is 8.83. The quantitative estimate of drug-likeness (QED) is 0.353. The number of carbonyl (C=O) groups excluding carboxylic acids is 2. The summed E-state index contributed by atoms with van der Waals surface area (Å²) in [4.78, 5) is 27.1. The van der Waals surface area contributed by atoms with Gasteiger partial charge in [-0.2, -0.15) is 0 Å². The zero-order chi connectivity index (χ0) is 23.5. The van der Waals surface area contributed by atoms with Crippen LogP contribution in [0.2, 0.25) is 5.02 Å². The number of hydrogen-bond acceptors (Lipinski definition) is 6. The summed E-state index contributed by atoms with van der Waals surface area (Å²) in [5.41, 5.74) is 3.48. The molecule has 34 heavy (non-hydrogen) atoms. The average molecular weight is 507 g/mol. The highest BCUT2D eigenvalue weighted by Gasteiger charge is 2.32. The van der Waals surface area contributed by atoms with E-state index in [1.165, 1.54) is 11.3 Å². The predicted octanol–water partition coefficient (Wildman–Crippen LogP) is 5.89. The third-order valence-corrected chi connectivity index (χ3v) is 7.75. The topological polar surface area (TPSA) is 75.2 Å². The van der Waals surface area contributed by atoms with Crippen molar-refractivity contribution in [2.45, 2.75) is 11.9 Å². The number of thioether (sulfide) groups is 1. The molecule has 2 heterocycles. The van der Waals surface area contributed by atoms with Crippen molar-refractivity contribution >= 4 is 51.6 Å². The molecule has 1 atom stereocenters. The minimum Gasteiger partial charge on any atom is -0.322 e. The number of nitrogens with zero attached hydrogens (tertiary/aromatic N) is 3. The van der Waals surface area contributed by atoms with Gasteiger partial charge in [0.25, 0.3) is 5.91 Å². The van der Waals surface area contributed by atoms with E-state index in [1.54, 1.807) is 36.0 Å². The van der Waals surface area contributed by atoms with E-state index in [2.05, 4.69) is 15.5 Å². The Balaban J connectivity index is 1.26. The van der Waals surface area contributed by atoms with Gasteiger partial charge in [-0.3, -0.25) is 14.9 Å². The van der Waals surface area contributed by atoms with Gasteiger partial charge in [-0.05, 0) is 35.4 Å². The number of nitrogens with one attached hydrogen (secondary N) is 1. The Morgan fingerprint density at radius 2 is 1.74 bits per heavy atom. The maximum absolute atomic E-state index is 12.7. The van der Waals surface area contributed by atoms with Gasteiger partial charge in [-0.15, -0.1) is 22.0 Å². The molecule has 0 aliphatic carbocycles. The molecule has 0 radical (unpaired) electrons. The fourth-order valence-corrected chi connectivity index (χ4v) is 5.69. The van der Waals surface area contributed by atoms with Gasteiger partial charge in [0.1, 0.15) is 10.4 Å². The van der Waals surface area contributed by atoms with Crippen LogP contribution in [0.5, 0.6) is 0 Å². The van der Waals surface area contributed by atoms with Crippen LogP contribution >= 0.6 is 34.7 Å². The minimum absolute atomic E-state index is 0.0742. The van der Waals surface area contributed by atoms with Gasteiger partial charge in [0.05, 0.1) is 5.75 Å². The molecule has 9 heteroatoms. The monoisotopic (exact) mass is 506 g/mol. The molecule has 170 valence electrons. The fourth-order valence-electron chi connectivity index (χ4n) is 3.63. The average Bonchev–Trinajstić information content (AvgIpc) is 3.47. The van der Waals surface area contributed by atoms with Crippen LogP contribution in [0.4, 0.5) is 5.13 Å². The second-order valence-electron chi connectivity index (χ2n) is 7.67. The molecule has 1 aromatic heterocycles. The first-order valence-electron chi connectivity index (χ1n) is 10.5. The van der Waals surface area contributed by atoms with Crippen LogP contribution < -0.4 is 5.32 Å². The van der Waals surface area contributed by atoms with Crippen molar-refractivity contribution < 1.29 is 9.59 Å². The van der Waals surface area contributed by atoms with Crippen molar-refractivity contribution in [3.63, 3.8) is 0 Å². The second kappa shape index (κ2) is 9.97. The van der Waals surface area contributed by atoms with E-state index < -0.39 is 0 Å². The van der Waals surface area contributed by atoms with Crippen LogP contribution in [0.1, 0.15) is 26.9 Å². The Labute approximate surface area is 210 Å². The third-order valence-electron chi connectivity index (χ3n) is 5.36. The number of halogens is 1. The number of amides is 2. The van der Waals surface area contributed by atoms with E-state index in [1.807, 2.05) is 59.5 Å². The Bertz CT molecular complexity index is 1310. The number of rotatable bonds is 6. The summed E-state index contributed by atoms with van der Waals surface area (Å²) in [6.07, 6.45) is 0. The van der Waals surface area contributed by atoms with Crippen LogP contribution in [-0.4, -0.2) is 32.7 Å². The van der Waals surface area contributed by atoms with E-state index in [0.717, 1.165) is 16.7 Å². The summed E-state index contributed by atoms with van der Waals surface area (Å²) in [6.45, 7) is 0.562. The van der Waals surface area contributed by atoms with Crippen molar-refractivity contribution in [2.24, 2.45) is 0 Å². The van der Waals surface area contributed by atoms with Crippen LogP contribution in [0, 0.1) is 0 Å². The van der Waals surface area contributed by atoms with Gasteiger partial charge >= 0.3 is 0 Å². The van der Waals surface area contributed by atoms with Crippen LogP contribution in [0.3, 0.4) is 0 Å². The van der Waals surface area contributed by atoms with Crippen molar-refractivity contribution in [1.82, 2.24) is 15.1 Å². The molecule has 5 rings (SSSR count). The molecule has 2 amide bonds. The lowest BCUT2D eigenvalue weighted by Gasteiger charge is -2.24. The summed E-state index contributed by atoms with van der Waals surface area (Å²) in [6, 6.07) is 24.6. The van der Waals surface area contributed by atoms with Gasteiger partial charge < -0.3 is 4.90 Å². The SMILES string of the molecule is O=C(Nc1nnc(-c2ccc(Cl)cc2)s1)c1ccc([C@@H]2SCC(=O)N2Cc2ccccc2)cc1. The Kier molecular flexibility index (Phi) is 6.62. The number of carbonyl (C=O) groups is 2. The zero-order valence-corrected chi connectivity index (χ0v) is 20.2. The molecule has 6 nitrogen and oxygen atoms in total. The van der Waals surface area contributed by atoms with Crippen molar-refractivity contribution in [3.05, 3.63) is 101 Å². The molecule has 0 bridgehead atoms. The Morgan fingerprint density at radius 1 is 1.00 bits per heavy atom. The Hall–Kier alpha value is -3.20. The number of hydrogen-bond donors (Lipinski definition) is 1. The predicted molar refractivity (Wildman–Crippen MR) is 137 cm³/mol. The second-order valence-corrected chi connectivity index (χ2v) is 10.1. The summed E-state index contributed by atoms with van der Waals surface area (Å²) < 4.78 is 0. The van der Waals surface area contributed by atoms with Crippen molar-refractivity contribution in [2.75, 3.05) is 11.1 Å². The molecular weight excluding hydrogens is 488 g/mol. The number of anilines is 1. The highest BCUT2D eigenvalue weighted by atomic mass is 35.5. The molecule has 1 aliphatic heterocycles. The molecule has 0 spiro atoms. The van der Waals surface area contributed by atoms with Gasteiger partial charge in [0.15, 0.2) is 0 Å². The van der Waals surface area contributed by atoms with Crippen LogP contribution in [0.15, 0.2) is 78.9 Å². The van der Waals surface area contributed by atoms with Gasteiger partial charge in [-0.1, -0.05) is 77.5 Å². The van der Waals surface area contributed by atoms with E-state index in [0.29, 0.717) is 33.0 Å². The van der Waals surface area contributed by atoms with E-state index in [4.69, 9.17) is 11.6 Å². The van der Waals surface area contributed by atoms with Gasteiger partial charge in [0.2, 0.25) is 11.0 Å². The lowest BCUT2D eigenvalue weighted by atomic mass is 10.1. The van der Waals surface area contributed by atoms with E-state index in [9.17, 15) is 9.59 Å². The molecule has 1 N–H and O–H groups in total. The molecule has 1 saturated heterocycles. The molecule has 3 aromatic carbocycles. The molecule has 0 unspecified atom stereocenters. The van der Waals surface area contributed by atoms with Gasteiger partial charge in [0, 0.05) is 22.7 Å². The lowest BCUT2D eigenvalue weighted by molar-refractivity contribution is -0.128. The summed E-state index contributed by atoms with van der Waals surface area (Å²) in [5, 5.41) is 12.7. The first-order valence-corrected chi connectivity index (χ1v) is 12.8. The normalized spacial score (nSPS) is 15.5. The van der Waals surface area contributed by atoms with E-state index in [-0.39, 0.29) is 17.2 Å². The number of aromatic nitrogens is 2.